The van der Waals surface area contributed by atoms with Crippen LogP contribution in [0.2, 0.25) is 0 Å². The third kappa shape index (κ3) is 3.35. The summed E-state index contributed by atoms with van der Waals surface area (Å²) in [4.78, 5) is 24.2. The minimum atomic E-state index is -3.08. The van der Waals surface area contributed by atoms with Crippen LogP contribution < -0.4 is 5.32 Å². The maximum Gasteiger partial charge on any atom is 0.328 e. The molecule has 0 aromatic heterocycles. The summed E-state index contributed by atoms with van der Waals surface area (Å²) in [5.41, 5.74) is 0. The number of aliphatic carboxylic acids is 1. The van der Waals surface area contributed by atoms with Crippen LogP contribution in [0.15, 0.2) is 0 Å². The van der Waals surface area contributed by atoms with Gasteiger partial charge in [-0.2, -0.15) is 0 Å². The Kier molecular flexibility index (Phi) is 3.95. The van der Waals surface area contributed by atoms with E-state index in [0.717, 1.165) is 0 Å². The molecular weight excluding hydrogens is 276 g/mol. The van der Waals surface area contributed by atoms with Crippen LogP contribution in [0, 0.1) is 0 Å². The highest BCUT2D eigenvalue weighted by Crippen LogP contribution is 2.13. The Morgan fingerprint density at radius 3 is 2.68 bits per heavy atom. The van der Waals surface area contributed by atoms with Crippen LogP contribution in [0.4, 0.5) is 4.79 Å². The molecule has 0 spiro atoms. The summed E-state index contributed by atoms with van der Waals surface area (Å²) in [5.74, 6) is -1.15. The number of nitrogens with zero attached hydrogens (tertiary/aromatic N) is 1. The largest absolute Gasteiger partial charge is 0.480 e. The number of sulfone groups is 1. The lowest BCUT2D eigenvalue weighted by molar-refractivity contribution is -0.147. The van der Waals surface area contributed by atoms with E-state index in [1.807, 2.05) is 0 Å². The van der Waals surface area contributed by atoms with E-state index in [1.54, 1.807) is 0 Å². The first-order valence-corrected chi connectivity index (χ1v) is 7.79. The van der Waals surface area contributed by atoms with Gasteiger partial charge in [-0.1, -0.05) is 0 Å². The summed E-state index contributed by atoms with van der Waals surface area (Å²) in [6.07, 6.45) is 0.371. The summed E-state index contributed by atoms with van der Waals surface area (Å²) in [6.45, 7) is 0.411. The fourth-order valence-electron chi connectivity index (χ4n) is 2.22. The van der Waals surface area contributed by atoms with E-state index < -0.39 is 33.9 Å². The third-order valence-corrected chi connectivity index (χ3v) is 5.00. The van der Waals surface area contributed by atoms with E-state index in [-0.39, 0.29) is 31.3 Å². The number of amides is 2. The molecule has 0 bridgehead atoms. The van der Waals surface area contributed by atoms with Gasteiger partial charge in [0.2, 0.25) is 0 Å². The van der Waals surface area contributed by atoms with Gasteiger partial charge in [-0.15, -0.1) is 0 Å². The zero-order valence-electron chi connectivity index (χ0n) is 10.2. The lowest BCUT2D eigenvalue weighted by Crippen LogP contribution is -2.57. The molecule has 2 fully saturated rings. The Morgan fingerprint density at radius 2 is 2.11 bits per heavy atom. The molecule has 2 atom stereocenters. The number of rotatable bonds is 2. The van der Waals surface area contributed by atoms with Crippen LogP contribution in [0.3, 0.4) is 0 Å². The molecule has 2 N–H and O–H groups in total. The summed E-state index contributed by atoms with van der Waals surface area (Å²) in [7, 11) is -3.08. The molecule has 2 saturated heterocycles. The van der Waals surface area contributed by atoms with Gasteiger partial charge in [0.05, 0.1) is 24.7 Å². The Labute approximate surface area is 110 Å². The molecule has 2 heterocycles. The smallest absolute Gasteiger partial charge is 0.328 e. The molecule has 0 aliphatic carbocycles. The number of ether oxygens (including phenoxy) is 1. The van der Waals surface area contributed by atoms with Gasteiger partial charge in [0.1, 0.15) is 0 Å². The Hall–Kier alpha value is -1.35. The van der Waals surface area contributed by atoms with Gasteiger partial charge >= 0.3 is 12.0 Å². The predicted molar refractivity (Wildman–Crippen MR) is 64.5 cm³/mol. The van der Waals surface area contributed by atoms with Crippen LogP contribution in [-0.2, 0) is 19.4 Å². The number of carboxylic acids is 1. The Balaban J connectivity index is 1.97. The van der Waals surface area contributed by atoms with Gasteiger partial charge < -0.3 is 20.1 Å². The Bertz CT molecular complexity index is 476. The zero-order valence-corrected chi connectivity index (χ0v) is 11.1. The number of morpholine rings is 1. The maximum atomic E-state index is 12.0. The molecule has 2 aliphatic rings. The van der Waals surface area contributed by atoms with Gasteiger partial charge in [-0.25, -0.2) is 18.0 Å². The second-order valence-electron chi connectivity index (χ2n) is 4.67. The average molecular weight is 292 g/mol. The quantitative estimate of drug-likeness (QED) is 0.652. The summed E-state index contributed by atoms with van der Waals surface area (Å²) in [5, 5.41) is 11.6. The highest BCUT2D eigenvalue weighted by atomic mass is 32.2. The number of urea groups is 1. The molecule has 2 aliphatic heterocycles. The van der Waals surface area contributed by atoms with Crippen molar-refractivity contribution >= 4 is 21.8 Å². The number of carbonyl (C=O) groups excluding carboxylic acids is 1. The van der Waals surface area contributed by atoms with Crippen molar-refractivity contribution in [3.63, 3.8) is 0 Å². The maximum absolute atomic E-state index is 12.0. The van der Waals surface area contributed by atoms with Gasteiger partial charge in [-0.3, -0.25) is 0 Å². The normalized spacial score (nSPS) is 30.0. The van der Waals surface area contributed by atoms with Crippen molar-refractivity contribution in [2.45, 2.75) is 18.5 Å². The third-order valence-electron chi connectivity index (χ3n) is 3.23. The number of hydrogen-bond acceptors (Lipinski definition) is 5. The molecule has 108 valence electrons. The molecule has 2 rings (SSSR count). The van der Waals surface area contributed by atoms with Crippen molar-refractivity contribution in [3.8, 4) is 0 Å². The van der Waals surface area contributed by atoms with Crippen molar-refractivity contribution in [2.24, 2.45) is 0 Å². The number of carboxylic acid groups (broad SMARTS) is 1. The lowest BCUT2D eigenvalue weighted by Gasteiger charge is -2.33. The molecule has 9 heteroatoms. The summed E-state index contributed by atoms with van der Waals surface area (Å²) >= 11 is 0. The van der Waals surface area contributed by atoms with Crippen molar-refractivity contribution in [1.82, 2.24) is 10.2 Å². The van der Waals surface area contributed by atoms with Gasteiger partial charge in [0.15, 0.2) is 15.9 Å². The van der Waals surface area contributed by atoms with Crippen LogP contribution in [0.25, 0.3) is 0 Å². The molecule has 2 unspecified atom stereocenters. The molecule has 0 aromatic rings. The van der Waals surface area contributed by atoms with Crippen LogP contribution in [0.5, 0.6) is 0 Å². The number of hydrogen-bond donors (Lipinski definition) is 2. The number of nitrogens with one attached hydrogen (secondary N) is 1. The van der Waals surface area contributed by atoms with Gasteiger partial charge in [0.25, 0.3) is 0 Å². The van der Waals surface area contributed by atoms with E-state index in [4.69, 9.17) is 9.84 Å². The van der Waals surface area contributed by atoms with Crippen molar-refractivity contribution in [1.29, 1.82) is 0 Å². The van der Waals surface area contributed by atoms with Crippen molar-refractivity contribution < 1.29 is 27.9 Å². The second kappa shape index (κ2) is 5.33. The van der Waals surface area contributed by atoms with E-state index >= 15 is 0 Å². The fraction of sp³-hybridized carbons (Fsp3) is 0.800. The van der Waals surface area contributed by atoms with Crippen LogP contribution in [-0.4, -0.2) is 73.8 Å². The highest BCUT2D eigenvalue weighted by molar-refractivity contribution is 7.91. The monoisotopic (exact) mass is 292 g/mol. The summed E-state index contributed by atoms with van der Waals surface area (Å²) in [6, 6.07) is -2.00. The molecule has 0 saturated carbocycles. The van der Waals surface area contributed by atoms with E-state index in [1.165, 1.54) is 4.90 Å². The minimum Gasteiger partial charge on any atom is -0.480 e. The standard InChI is InChI=1S/C10H16N2O6S/c13-9(14)8-5-18-3-2-12(8)10(15)11-7-1-4-19(16,17)6-7/h7-8H,1-6H2,(H,11,15)(H,13,14). The molecule has 19 heavy (non-hydrogen) atoms. The summed E-state index contributed by atoms with van der Waals surface area (Å²) < 4.78 is 27.6. The molecule has 0 radical (unpaired) electrons. The Morgan fingerprint density at radius 1 is 1.37 bits per heavy atom. The van der Waals surface area contributed by atoms with E-state index in [2.05, 4.69) is 5.32 Å². The second-order valence-corrected chi connectivity index (χ2v) is 6.90. The van der Waals surface area contributed by atoms with Crippen LogP contribution >= 0.6 is 0 Å². The molecule has 0 aromatic carbocycles. The van der Waals surface area contributed by atoms with Crippen molar-refractivity contribution in [3.05, 3.63) is 0 Å². The number of carbonyl (C=O) groups is 2. The molecule has 2 amide bonds. The SMILES string of the molecule is O=C(O)C1COCCN1C(=O)NC1CCS(=O)(=O)C1. The molecular formula is C10H16N2O6S. The predicted octanol–water partition coefficient (Wildman–Crippen LogP) is -1.33. The zero-order chi connectivity index (χ0) is 14.0. The first kappa shape index (κ1) is 14.1. The topological polar surface area (TPSA) is 113 Å². The fourth-order valence-corrected chi connectivity index (χ4v) is 3.89. The first-order valence-electron chi connectivity index (χ1n) is 5.97. The first-order chi connectivity index (χ1) is 8.89. The van der Waals surface area contributed by atoms with E-state index in [9.17, 15) is 18.0 Å². The van der Waals surface area contributed by atoms with Crippen LogP contribution in [0.1, 0.15) is 6.42 Å². The van der Waals surface area contributed by atoms with E-state index in [0.29, 0.717) is 6.42 Å². The highest BCUT2D eigenvalue weighted by Gasteiger charge is 2.35. The van der Waals surface area contributed by atoms with Crippen molar-refractivity contribution in [2.75, 3.05) is 31.3 Å². The minimum absolute atomic E-state index is 0.0499. The van der Waals surface area contributed by atoms with Gasteiger partial charge in [-0.05, 0) is 6.42 Å². The lowest BCUT2D eigenvalue weighted by atomic mass is 10.2. The molecule has 8 nitrogen and oxygen atoms in total. The average Bonchev–Trinajstić information content (AvgIpc) is 2.68. The van der Waals surface area contributed by atoms with Gasteiger partial charge in [0, 0.05) is 12.6 Å².